The molecular formula is C14H13FN2O3. The van der Waals surface area contributed by atoms with Crippen molar-refractivity contribution in [1.82, 2.24) is 10.2 Å². The van der Waals surface area contributed by atoms with Crippen molar-refractivity contribution in [3.05, 3.63) is 63.8 Å². The summed E-state index contributed by atoms with van der Waals surface area (Å²) in [6, 6.07) is 9.01. The summed E-state index contributed by atoms with van der Waals surface area (Å²) in [5.74, 6) is -1.29. The van der Waals surface area contributed by atoms with Crippen LogP contribution in [0.3, 0.4) is 0 Å². The third-order valence-corrected chi connectivity index (χ3v) is 3.19. The Morgan fingerprint density at radius 1 is 1.15 bits per heavy atom. The molecule has 0 saturated carbocycles. The molecule has 3 rings (SSSR count). The standard InChI is InChI=1S/C14H13FN2O3/c15-11-3-1-10(2-4-11)14(19-7-8-20-14)9-12-5-6-13(18)17-16-12/h1-6H,7-9H2,(H,17,18). The lowest BCUT2D eigenvalue weighted by atomic mass is 10.0. The largest absolute Gasteiger partial charge is 0.343 e. The van der Waals surface area contributed by atoms with Gasteiger partial charge < -0.3 is 9.47 Å². The van der Waals surface area contributed by atoms with Crippen LogP contribution in [-0.2, 0) is 21.7 Å². The molecule has 1 N–H and O–H groups in total. The third-order valence-electron chi connectivity index (χ3n) is 3.19. The summed E-state index contributed by atoms with van der Waals surface area (Å²) in [7, 11) is 0. The quantitative estimate of drug-likeness (QED) is 0.919. The van der Waals surface area contributed by atoms with Crippen molar-refractivity contribution < 1.29 is 13.9 Å². The zero-order valence-corrected chi connectivity index (χ0v) is 10.6. The maximum Gasteiger partial charge on any atom is 0.264 e. The summed E-state index contributed by atoms with van der Waals surface area (Å²) >= 11 is 0. The van der Waals surface area contributed by atoms with E-state index in [2.05, 4.69) is 10.2 Å². The number of ether oxygens (including phenoxy) is 2. The smallest absolute Gasteiger partial charge is 0.264 e. The first-order valence-corrected chi connectivity index (χ1v) is 6.27. The van der Waals surface area contributed by atoms with E-state index in [1.165, 1.54) is 18.2 Å². The number of benzene rings is 1. The highest BCUT2D eigenvalue weighted by Gasteiger charge is 2.39. The predicted molar refractivity (Wildman–Crippen MR) is 68.5 cm³/mol. The van der Waals surface area contributed by atoms with Crippen molar-refractivity contribution in [3.63, 3.8) is 0 Å². The van der Waals surface area contributed by atoms with E-state index in [0.717, 1.165) is 5.56 Å². The lowest BCUT2D eigenvalue weighted by Crippen LogP contribution is -2.31. The zero-order valence-electron chi connectivity index (χ0n) is 10.6. The van der Waals surface area contributed by atoms with Crippen LogP contribution in [0.15, 0.2) is 41.2 Å². The summed E-state index contributed by atoms with van der Waals surface area (Å²) in [5, 5.41) is 6.33. The maximum absolute atomic E-state index is 13.0. The van der Waals surface area contributed by atoms with Crippen LogP contribution in [0.4, 0.5) is 4.39 Å². The highest BCUT2D eigenvalue weighted by Crippen LogP contribution is 2.34. The fourth-order valence-electron chi connectivity index (χ4n) is 2.24. The van der Waals surface area contributed by atoms with Crippen LogP contribution in [0.25, 0.3) is 0 Å². The minimum absolute atomic E-state index is 0.266. The van der Waals surface area contributed by atoms with Gasteiger partial charge in [-0.15, -0.1) is 0 Å². The number of hydrogen-bond acceptors (Lipinski definition) is 4. The number of aromatic nitrogens is 2. The first-order chi connectivity index (χ1) is 9.68. The Hall–Kier alpha value is -2.05. The van der Waals surface area contributed by atoms with Crippen molar-refractivity contribution in [2.75, 3.05) is 13.2 Å². The summed E-state index contributed by atoms with van der Waals surface area (Å²) in [5.41, 5.74) is 1.10. The molecule has 1 aromatic carbocycles. The molecule has 0 unspecified atom stereocenters. The van der Waals surface area contributed by atoms with Crippen molar-refractivity contribution in [2.45, 2.75) is 12.2 Å². The van der Waals surface area contributed by atoms with Gasteiger partial charge in [0.1, 0.15) is 5.82 Å². The van der Waals surface area contributed by atoms with E-state index in [1.807, 2.05) is 0 Å². The van der Waals surface area contributed by atoms with Gasteiger partial charge in [0.15, 0.2) is 0 Å². The second kappa shape index (κ2) is 5.15. The van der Waals surface area contributed by atoms with Crippen LogP contribution in [0.2, 0.25) is 0 Å². The number of nitrogens with one attached hydrogen (secondary N) is 1. The van der Waals surface area contributed by atoms with E-state index >= 15 is 0 Å². The van der Waals surface area contributed by atoms with Crippen LogP contribution in [-0.4, -0.2) is 23.4 Å². The Kier molecular flexibility index (Phi) is 3.33. The lowest BCUT2D eigenvalue weighted by Gasteiger charge is -2.27. The van der Waals surface area contributed by atoms with E-state index in [0.29, 0.717) is 25.3 Å². The highest BCUT2D eigenvalue weighted by atomic mass is 19.1. The number of hydrogen-bond donors (Lipinski definition) is 1. The van der Waals surface area contributed by atoms with Crippen molar-refractivity contribution in [1.29, 1.82) is 0 Å². The molecule has 6 heteroatoms. The van der Waals surface area contributed by atoms with Crippen LogP contribution < -0.4 is 5.56 Å². The van der Waals surface area contributed by atoms with Gasteiger partial charge in [-0.2, -0.15) is 5.10 Å². The van der Waals surface area contributed by atoms with E-state index in [1.54, 1.807) is 18.2 Å². The molecular weight excluding hydrogens is 263 g/mol. The summed E-state index contributed by atoms with van der Waals surface area (Å²) in [6.07, 6.45) is 0.343. The topological polar surface area (TPSA) is 64.2 Å². The van der Waals surface area contributed by atoms with Gasteiger partial charge in [0.05, 0.1) is 25.3 Å². The Labute approximate surface area is 114 Å². The Morgan fingerprint density at radius 2 is 1.85 bits per heavy atom. The molecule has 2 heterocycles. The number of rotatable bonds is 3. The first-order valence-electron chi connectivity index (χ1n) is 6.27. The Morgan fingerprint density at radius 3 is 2.45 bits per heavy atom. The molecule has 1 aromatic heterocycles. The minimum Gasteiger partial charge on any atom is -0.343 e. The summed E-state index contributed by atoms with van der Waals surface area (Å²) in [4.78, 5) is 11.0. The SMILES string of the molecule is O=c1ccc(CC2(c3ccc(F)cc3)OCCO2)n[nH]1. The molecule has 20 heavy (non-hydrogen) atoms. The average molecular weight is 276 g/mol. The maximum atomic E-state index is 13.0. The van der Waals surface area contributed by atoms with Crippen LogP contribution in [0.5, 0.6) is 0 Å². The monoisotopic (exact) mass is 276 g/mol. The lowest BCUT2D eigenvalue weighted by molar-refractivity contribution is -0.165. The molecule has 0 amide bonds. The van der Waals surface area contributed by atoms with Crippen LogP contribution in [0.1, 0.15) is 11.3 Å². The average Bonchev–Trinajstić information content (AvgIpc) is 2.92. The number of nitrogens with zero attached hydrogens (tertiary/aromatic N) is 1. The van der Waals surface area contributed by atoms with Gasteiger partial charge in [0.25, 0.3) is 5.56 Å². The number of aromatic amines is 1. The normalized spacial score (nSPS) is 17.2. The molecule has 0 aliphatic carbocycles. The second-order valence-corrected chi connectivity index (χ2v) is 4.55. The molecule has 5 nitrogen and oxygen atoms in total. The molecule has 104 valence electrons. The third kappa shape index (κ3) is 2.48. The molecule has 0 bridgehead atoms. The van der Waals surface area contributed by atoms with Gasteiger partial charge in [0, 0.05) is 11.6 Å². The van der Waals surface area contributed by atoms with Crippen molar-refractivity contribution in [2.24, 2.45) is 0 Å². The predicted octanol–water partition coefficient (Wildman–Crippen LogP) is 1.35. The number of halogens is 1. The summed E-state index contributed by atoms with van der Waals surface area (Å²) < 4.78 is 24.5. The van der Waals surface area contributed by atoms with Gasteiger partial charge in [-0.25, -0.2) is 9.49 Å². The highest BCUT2D eigenvalue weighted by molar-refractivity contribution is 5.24. The molecule has 1 aliphatic rings. The molecule has 2 aromatic rings. The van der Waals surface area contributed by atoms with Crippen molar-refractivity contribution >= 4 is 0 Å². The minimum atomic E-state index is -0.973. The molecule has 1 fully saturated rings. The Balaban J connectivity index is 1.93. The zero-order chi connectivity index (χ0) is 14.0. The Bertz CT molecular complexity index is 628. The first kappa shape index (κ1) is 13.0. The fraction of sp³-hybridized carbons (Fsp3) is 0.286. The van der Waals surface area contributed by atoms with E-state index in [9.17, 15) is 9.18 Å². The van der Waals surface area contributed by atoms with Gasteiger partial charge >= 0.3 is 0 Å². The van der Waals surface area contributed by atoms with E-state index < -0.39 is 5.79 Å². The van der Waals surface area contributed by atoms with Gasteiger partial charge in [-0.05, 0) is 18.2 Å². The van der Waals surface area contributed by atoms with Crippen LogP contribution >= 0.6 is 0 Å². The van der Waals surface area contributed by atoms with Gasteiger partial charge in [-0.3, -0.25) is 4.79 Å². The molecule has 0 spiro atoms. The van der Waals surface area contributed by atoms with E-state index in [-0.39, 0.29) is 11.4 Å². The molecule has 0 radical (unpaired) electrons. The summed E-state index contributed by atoms with van der Waals surface area (Å²) in [6.45, 7) is 0.918. The fourth-order valence-corrected chi connectivity index (χ4v) is 2.24. The van der Waals surface area contributed by atoms with Gasteiger partial charge in [0.2, 0.25) is 5.79 Å². The number of H-pyrrole nitrogens is 1. The van der Waals surface area contributed by atoms with Gasteiger partial charge in [-0.1, -0.05) is 12.1 Å². The second-order valence-electron chi connectivity index (χ2n) is 4.55. The van der Waals surface area contributed by atoms with Crippen LogP contribution in [0, 0.1) is 5.82 Å². The molecule has 1 aliphatic heterocycles. The molecule has 1 saturated heterocycles. The van der Waals surface area contributed by atoms with Crippen molar-refractivity contribution in [3.8, 4) is 0 Å². The molecule has 0 atom stereocenters. The van der Waals surface area contributed by atoms with E-state index in [4.69, 9.17) is 9.47 Å².